The second-order valence-corrected chi connectivity index (χ2v) is 2.84. The quantitative estimate of drug-likeness (QED) is 0.295. The number of nitrogens with one attached hydrogen (secondary N) is 1. The van der Waals surface area contributed by atoms with Crippen LogP contribution in [-0.2, 0) is 0 Å². The second-order valence-electron chi connectivity index (χ2n) is 1.85. The van der Waals surface area contributed by atoms with Gasteiger partial charge in [-0.25, -0.2) is 0 Å². The number of nitrogens with two attached hydrogens (primary N) is 1. The summed E-state index contributed by atoms with van der Waals surface area (Å²) in [7, 11) is 0. The molecule has 0 aromatic heterocycles. The highest BCUT2D eigenvalue weighted by molar-refractivity contribution is 7.80. The molecule has 4 heteroatoms. The summed E-state index contributed by atoms with van der Waals surface area (Å²) in [4.78, 5) is 1.69. The fourth-order valence-corrected chi connectivity index (χ4v) is 1.05. The molecule has 0 aliphatic rings. The van der Waals surface area contributed by atoms with Crippen molar-refractivity contribution in [3.8, 4) is 0 Å². The van der Waals surface area contributed by atoms with Gasteiger partial charge in [-0.3, -0.25) is 5.84 Å². The molecule has 54 valence electrons. The zero-order valence-corrected chi connectivity index (χ0v) is 6.99. The third-order valence-electron chi connectivity index (χ3n) is 1.14. The van der Waals surface area contributed by atoms with Crippen LogP contribution in [0.2, 0.25) is 0 Å². The van der Waals surface area contributed by atoms with Crippen molar-refractivity contribution in [1.29, 1.82) is 0 Å². The number of hydrogen-bond acceptors (Lipinski definition) is 4. The fourth-order valence-electron chi connectivity index (χ4n) is 0.640. The molecule has 1 aromatic rings. The highest BCUT2D eigenvalue weighted by Gasteiger charge is 1.94. The Balaban J connectivity index is 3.09. The molecule has 0 aliphatic heterocycles. The number of nitrogen functional groups attached to an aromatic ring is 1. The highest BCUT2D eigenvalue weighted by atomic mass is 32.1. The van der Waals surface area contributed by atoms with E-state index < -0.39 is 0 Å². The Kier molecular flexibility index (Phi) is 2.48. The van der Waals surface area contributed by atoms with E-state index >= 15 is 0 Å². The van der Waals surface area contributed by atoms with Gasteiger partial charge in [-0.15, -0.1) is 25.3 Å². The van der Waals surface area contributed by atoms with Crippen LogP contribution in [-0.4, -0.2) is 0 Å². The second kappa shape index (κ2) is 3.18. The minimum atomic E-state index is 0.788. The highest BCUT2D eigenvalue weighted by Crippen LogP contribution is 2.21. The first-order chi connectivity index (χ1) is 4.74. The molecule has 0 aliphatic carbocycles. The third kappa shape index (κ3) is 1.59. The predicted molar refractivity (Wildman–Crippen MR) is 48.8 cm³/mol. The maximum absolute atomic E-state index is 5.19. The largest absolute Gasteiger partial charge is 0.323 e. The van der Waals surface area contributed by atoms with Gasteiger partial charge < -0.3 is 5.43 Å². The monoisotopic (exact) mass is 172 g/mol. The first-order valence-electron chi connectivity index (χ1n) is 2.72. The normalized spacial score (nSPS) is 9.50. The van der Waals surface area contributed by atoms with Gasteiger partial charge in [0.15, 0.2) is 0 Å². The van der Waals surface area contributed by atoms with Gasteiger partial charge in [-0.05, 0) is 18.2 Å². The van der Waals surface area contributed by atoms with Crippen molar-refractivity contribution >= 4 is 30.9 Å². The van der Waals surface area contributed by atoms with Gasteiger partial charge in [-0.1, -0.05) is 0 Å². The van der Waals surface area contributed by atoms with Crippen molar-refractivity contribution in [2.45, 2.75) is 9.79 Å². The molecule has 0 heterocycles. The van der Waals surface area contributed by atoms with Crippen LogP contribution in [0, 0.1) is 0 Å². The summed E-state index contributed by atoms with van der Waals surface area (Å²) in [6, 6.07) is 5.50. The van der Waals surface area contributed by atoms with Crippen molar-refractivity contribution in [1.82, 2.24) is 0 Å². The predicted octanol–water partition coefficient (Wildman–Crippen LogP) is 1.55. The fraction of sp³-hybridized carbons (Fsp3) is 0. The first kappa shape index (κ1) is 7.78. The van der Waals surface area contributed by atoms with Crippen LogP contribution in [0.4, 0.5) is 5.69 Å². The van der Waals surface area contributed by atoms with E-state index in [0.29, 0.717) is 0 Å². The average Bonchev–Trinajstić information content (AvgIpc) is 1.94. The van der Waals surface area contributed by atoms with Crippen LogP contribution in [0.3, 0.4) is 0 Å². The molecule has 0 bridgehead atoms. The van der Waals surface area contributed by atoms with Crippen molar-refractivity contribution in [2.24, 2.45) is 5.84 Å². The molecule has 3 N–H and O–H groups in total. The lowest BCUT2D eigenvalue weighted by Gasteiger charge is -2.02. The van der Waals surface area contributed by atoms with Crippen LogP contribution in [0.15, 0.2) is 28.0 Å². The van der Waals surface area contributed by atoms with E-state index in [1.54, 1.807) is 0 Å². The number of benzene rings is 1. The Morgan fingerprint density at radius 1 is 1.30 bits per heavy atom. The van der Waals surface area contributed by atoms with Crippen LogP contribution < -0.4 is 11.3 Å². The molecule has 0 spiro atoms. The minimum Gasteiger partial charge on any atom is -0.323 e. The van der Waals surface area contributed by atoms with Gasteiger partial charge in [0.1, 0.15) is 0 Å². The average molecular weight is 172 g/mol. The molecule has 1 rings (SSSR count). The van der Waals surface area contributed by atoms with Crippen LogP contribution in [0.5, 0.6) is 0 Å². The molecule has 0 amide bonds. The number of hydrazine groups is 1. The summed E-state index contributed by atoms with van der Waals surface area (Å²) >= 11 is 8.27. The van der Waals surface area contributed by atoms with E-state index in [2.05, 4.69) is 30.7 Å². The van der Waals surface area contributed by atoms with Crippen LogP contribution in [0.25, 0.3) is 0 Å². The zero-order chi connectivity index (χ0) is 7.56. The molecular formula is C6H8N2S2. The third-order valence-corrected chi connectivity index (χ3v) is 1.80. The first-order valence-corrected chi connectivity index (χ1v) is 3.62. The number of thiol groups is 2. The van der Waals surface area contributed by atoms with E-state index in [4.69, 9.17) is 5.84 Å². The van der Waals surface area contributed by atoms with Crippen molar-refractivity contribution < 1.29 is 0 Å². The SMILES string of the molecule is NNc1cc(S)ccc1S. The van der Waals surface area contributed by atoms with Crippen molar-refractivity contribution in [3.63, 3.8) is 0 Å². The molecule has 2 nitrogen and oxygen atoms in total. The maximum atomic E-state index is 5.19. The Labute approximate surface area is 70.6 Å². The Morgan fingerprint density at radius 3 is 2.50 bits per heavy atom. The van der Waals surface area contributed by atoms with Crippen molar-refractivity contribution in [2.75, 3.05) is 5.43 Å². The summed E-state index contributed by atoms with van der Waals surface area (Å²) in [6.07, 6.45) is 0. The number of rotatable bonds is 1. The van der Waals surface area contributed by atoms with E-state index in [1.165, 1.54) is 0 Å². The summed E-state index contributed by atoms with van der Waals surface area (Å²) in [6.45, 7) is 0. The van der Waals surface area contributed by atoms with Gasteiger partial charge in [0.05, 0.1) is 5.69 Å². The minimum absolute atomic E-state index is 0.788. The smallest absolute Gasteiger partial charge is 0.0629 e. The number of anilines is 1. The Morgan fingerprint density at radius 2 is 2.00 bits per heavy atom. The molecule has 0 saturated carbocycles. The van der Waals surface area contributed by atoms with Gasteiger partial charge in [-0.2, -0.15) is 0 Å². The molecule has 0 fully saturated rings. The van der Waals surface area contributed by atoms with Crippen molar-refractivity contribution in [3.05, 3.63) is 18.2 Å². The molecule has 0 atom stereocenters. The molecule has 0 radical (unpaired) electrons. The Hall–Kier alpha value is -0.320. The van der Waals surface area contributed by atoms with Gasteiger partial charge in [0.2, 0.25) is 0 Å². The zero-order valence-electron chi connectivity index (χ0n) is 5.20. The maximum Gasteiger partial charge on any atom is 0.0629 e. The summed E-state index contributed by atoms with van der Waals surface area (Å²) in [5, 5.41) is 0. The van der Waals surface area contributed by atoms with E-state index in [-0.39, 0.29) is 0 Å². The molecular weight excluding hydrogens is 164 g/mol. The lowest BCUT2D eigenvalue weighted by atomic mass is 10.3. The molecule has 10 heavy (non-hydrogen) atoms. The Bertz CT molecular complexity index is 237. The van der Waals surface area contributed by atoms with Gasteiger partial charge >= 0.3 is 0 Å². The summed E-state index contributed by atoms with van der Waals surface area (Å²) < 4.78 is 0. The lowest BCUT2D eigenvalue weighted by Crippen LogP contribution is -2.07. The summed E-state index contributed by atoms with van der Waals surface area (Å²) in [5.74, 6) is 5.19. The van der Waals surface area contributed by atoms with E-state index in [1.807, 2.05) is 18.2 Å². The van der Waals surface area contributed by atoms with Gasteiger partial charge in [0.25, 0.3) is 0 Å². The van der Waals surface area contributed by atoms with Crippen LogP contribution >= 0.6 is 25.3 Å². The lowest BCUT2D eigenvalue weighted by molar-refractivity contribution is 1.26. The standard InChI is InChI=1S/C6H8N2S2/c7-8-5-3-4(9)1-2-6(5)10/h1-3,8-10H,7H2. The molecule has 0 saturated heterocycles. The van der Waals surface area contributed by atoms with Crippen LogP contribution in [0.1, 0.15) is 0 Å². The topological polar surface area (TPSA) is 38.0 Å². The number of hydrogen-bond donors (Lipinski definition) is 4. The molecule has 0 unspecified atom stereocenters. The van der Waals surface area contributed by atoms with E-state index in [9.17, 15) is 0 Å². The molecule has 1 aromatic carbocycles. The summed E-state index contributed by atoms with van der Waals surface area (Å²) in [5.41, 5.74) is 3.30. The van der Waals surface area contributed by atoms with Gasteiger partial charge in [0, 0.05) is 9.79 Å². The van der Waals surface area contributed by atoms with E-state index in [0.717, 1.165) is 15.5 Å².